The molecule has 2 N–H and O–H groups in total. The van der Waals surface area contributed by atoms with Crippen LogP contribution in [0.2, 0.25) is 5.02 Å². The van der Waals surface area contributed by atoms with Gasteiger partial charge in [0, 0.05) is 18.6 Å². The van der Waals surface area contributed by atoms with E-state index >= 15 is 0 Å². The fourth-order valence-electron chi connectivity index (χ4n) is 1.45. The largest absolute Gasteiger partial charge is 0.506 e. The number of nitrogens with one attached hydrogen (secondary N) is 1. The van der Waals surface area contributed by atoms with Crippen LogP contribution in [-0.2, 0) is 4.74 Å². The van der Waals surface area contributed by atoms with Gasteiger partial charge in [-0.3, -0.25) is 4.79 Å². The van der Waals surface area contributed by atoms with E-state index in [1.54, 1.807) is 7.11 Å². The van der Waals surface area contributed by atoms with Gasteiger partial charge >= 0.3 is 0 Å². The first-order chi connectivity index (χ1) is 8.58. The predicted molar refractivity (Wildman–Crippen MR) is 71.6 cm³/mol. The second-order valence-corrected chi connectivity index (χ2v) is 4.55. The van der Waals surface area contributed by atoms with Crippen LogP contribution in [0.4, 0.5) is 0 Å². The Hall–Kier alpha value is -0.970. The van der Waals surface area contributed by atoms with Gasteiger partial charge in [-0.2, -0.15) is 0 Å². The summed E-state index contributed by atoms with van der Waals surface area (Å²) in [5.74, 6) is 0.108. The normalized spacial score (nSPS) is 12.2. The van der Waals surface area contributed by atoms with Crippen LogP contribution in [0, 0.1) is 0 Å². The van der Waals surface area contributed by atoms with Gasteiger partial charge in [0.25, 0.3) is 5.91 Å². The van der Waals surface area contributed by atoms with Gasteiger partial charge in [0.15, 0.2) is 0 Å². The van der Waals surface area contributed by atoms with Crippen molar-refractivity contribution >= 4 is 29.1 Å². The zero-order chi connectivity index (χ0) is 13.5. The highest BCUT2D eigenvalue weighted by Gasteiger charge is 2.14. The first-order valence-electron chi connectivity index (χ1n) is 5.42. The molecule has 6 heteroatoms. The maximum absolute atomic E-state index is 11.9. The van der Waals surface area contributed by atoms with E-state index in [1.165, 1.54) is 18.2 Å². The molecule has 1 aromatic rings. The number of aromatic hydroxyl groups is 1. The van der Waals surface area contributed by atoms with Gasteiger partial charge < -0.3 is 15.2 Å². The smallest absolute Gasteiger partial charge is 0.251 e. The molecule has 0 fully saturated rings. The zero-order valence-electron chi connectivity index (χ0n) is 9.95. The van der Waals surface area contributed by atoms with Crippen molar-refractivity contribution in [2.24, 2.45) is 0 Å². The maximum atomic E-state index is 11.9. The van der Waals surface area contributed by atoms with E-state index in [-0.39, 0.29) is 22.7 Å². The lowest BCUT2D eigenvalue weighted by Gasteiger charge is -2.16. The number of hydrogen-bond acceptors (Lipinski definition) is 3. The molecule has 0 aliphatic carbocycles. The second-order valence-electron chi connectivity index (χ2n) is 3.77. The number of benzene rings is 1. The molecule has 1 atom stereocenters. The molecular formula is C12H15Cl2NO3. The van der Waals surface area contributed by atoms with Crippen molar-refractivity contribution in [2.45, 2.75) is 12.5 Å². The Bertz CT molecular complexity index is 406. The fraction of sp³-hybridized carbons (Fsp3) is 0.417. The highest BCUT2D eigenvalue weighted by atomic mass is 35.5. The lowest BCUT2D eigenvalue weighted by Crippen LogP contribution is -2.38. The monoisotopic (exact) mass is 291 g/mol. The SMILES string of the molecule is COCC(CCCl)NC(=O)c1ccc(O)c(Cl)c1. The van der Waals surface area contributed by atoms with Crippen molar-refractivity contribution in [1.82, 2.24) is 5.32 Å². The van der Waals surface area contributed by atoms with Crippen molar-refractivity contribution in [2.75, 3.05) is 19.6 Å². The van der Waals surface area contributed by atoms with E-state index in [0.29, 0.717) is 24.5 Å². The van der Waals surface area contributed by atoms with E-state index < -0.39 is 0 Å². The van der Waals surface area contributed by atoms with E-state index in [0.717, 1.165) is 0 Å². The number of ether oxygens (including phenoxy) is 1. The number of alkyl halides is 1. The molecule has 0 saturated carbocycles. The molecule has 0 spiro atoms. The first kappa shape index (κ1) is 15.1. The number of halogens is 2. The first-order valence-corrected chi connectivity index (χ1v) is 6.34. The maximum Gasteiger partial charge on any atom is 0.251 e. The number of carbonyl (C=O) groups excluding carboxylic acids is 1. The summed E-state index contributed by atoms with van der Waals surface area (Å²) in [5.41, 5.74) is 0.383. The molecule has 1 unspecified atom stereocenters. The van der Waals surface area contributed by atoms with Crippen LogP contribution in [0.3, 0.4) is 0 Å². The van der Waals surface area contributed by atoms with Crippen LogP contribution >= 0.6 is 23.2 Å². The van der Waals surface area contributed by atoms with Gasteiger partial charge in [0.2, 0.25) is 0 Å². The van der Waals surface area contributed by atoms with Gasteiger partial charge in [-0.1, -0.05) is 11.6 Å². The summed E-state index contributed by atoms with van der Waals surface area (Å²) in [4.78, 5) is 11.9. The van der Waals surface area contributed by atoms with Crippen molar-refractivity contribution in [3.8, 4) is 5.75 Å². The van der Waals surface area contributed by atoms with Gasteiger partial charge in [-0.15, -0.1) is 11.6 Å². The van der Waals surface area contributed by atoms with Crippen molar-refractivity contribution in [3.05, 3.63) is 28.8 Å². The average molecular weight is 292 g/mol. The summed E-state index contributed by atoms with van der Waals surface area (Å²) in [6.07, 6.45) is 0.618. The molecule has 0 saturated heterocycles. The Labute approximate surface area is 116 Å². The molecule has 0 bridgehead atoms. The zero-order valence-corrected chi connectivity index (χ0v) is 11.5. The Morgan fingerprint density at radius 3 is 2.83 bits per heavy atom. The standard InChI is InChI=1S/C12H15Cl2NO3/c1-18-7-9(4-5-13)15-12(17)8-2-3-11(16)10(14)6-8/h2-3,6,9,16H,4-5,7H2,1H3,(H,15,17). The van der Waals surface area contributed by atoms with E-state index in [2.05, 4.69) is 5.32 Å². The minimum Gasteiger partial charge on any atom is -0.506 e. The van der Waals surface area contributed by atoms with Gasteiger partial charge in [-0.05, 0) is 24.6 Å². The number of phenolic OH excluding ortho intramolecular Hbond substituents is 1. The van der Waals surface area contributed by atoms with Crippen molar-refractivity contribution in [3.63, 3.8) is 0 Å². The summed E-state index contributed by atoms with van der Waals surface area (Å²) >= 11 is 11.4. The lowest BCUT2D eigenvalue weighted by molar-refractivity contribution is 0.0895. The van der Waals surface area contributed by atoms with Crippen LogP contribution in [-0.4, -0.2) is 36.7 Å². The third-order valence-corrected chi connectivity index (χ3v) is 2.89. The predicted octanol–water partition coefficient (Wildman–Crippen LogP) is 2.42. The van der Waals surface area contributed by atoms with E-state index in [9.17, 15) is 9.90 Å². The van der Waals surface area contributed by atoms with Crippen LogP contribution in [0.25, 0.3) is 0 Å². The lowest BCUT2D eigenvalue weighted by atomic mass is 10.1. The van der Waals surface area contributed by atoms with E-state index in [1.807, 2.05) is 0 Å². The number of methoxy groups -OCH3 is 1. The van der Waals surface area contributed by atoms with Crippen LogP contribution in [0.5, 0.6) is 5.75 Å². The third kappa shape index (κ3) is 4.37. The number of carbonyl (C=O) groups is 1. The van der Waals surface area contributed by atoms with Gasteiger partial charge in [-0.25, -0.2) is 0 Å². The second kappa shape index (κ2) is 7.46. The Balaban J connectivity index is 2.70. The Morgan fingerprint density at radius 2 is 2.28 bits per heavy atom. The third-order valence-electron chi connectivity index (χ3n) is 2.37. The highest BCUT2D eigenvalue weighted by molar-refractivity contribution is 6.32. The highest BCUT2D eigenvalue weighted by Crippen LogP contribution is 2.23. The minimum atomic E-state index is -0.274. The number of rotatable bonds is 6. The van der Waals surface area contributed by atoms with Crippen LogP contribution in [0.15, 0.2) is 18.2 Å². The molecule has 100 valence electrons. The summed E-state index contributed by atoms with van der Waals surface area (Å²) in [7, 11) is 1.56. The van der Waals surface area contributed by atoms with Gasteiger partial charge in [0.05, 0.1) is 17.7 Å². The van der Waals surface area contributed by atoms with Crippen LogP contribution in [0.1, 0.15) is 16.8 Å². The number of phenols is 1. The van der Waals surface area contributed by atoms with Crippen molar-refractivity contribution < 1.29 is 14.6 Å². The minimum absolute atomic E-state index is 0.0533. The molecule has 0 radical (unpaired) electrons. The molecule has 4 nitrogen and oxygen atoms in total. The molecule has 1 aromatic carbocycles. The molecule has 18 heavy (non-hydrogen) atoms. The summed E-state index contributed by atoms with van der Waals surface area (Å²) in [6, 6.07) is 4.15. The molecule has 1 rings (SSSR count). The molecule has 1 amide bonds. The quantitative estimate of drug-likeness (QED) is 0.792. The van der Waals surface area contributed by atoms with Gasteiger partial charge in [0.1, 0.15) is 5.75 Å². The van der Waals surface area contributed by atoms with Crippen molar-refractivity contribution in [1.29, 1.82) is 0 Å². The Morgan fingerprint density at radius 1 is 1.56 bits per heavy atom. The average Bonchev–Trinajstić information content (AvgIpc) is 2.33. The molecular weight excluding hydrogens is 277 g/mol. The summed E-state index contributed by atoms with van der Waals surface area (Å²) in [5, 5.41) is 12.2. The summed E-state index contributed by atoms with van der Waals surface area (Å²) in [6.45, 7) is 0.393. The van der Waals surface area contributed by atoms with Crippen LogP contribution < -0.4 is 5.32 Å². The Kier molecular flexibility index (Phi) is 6.25. The number of hydrogen-bond donors (Lipinski definition) is 2. The topological polar surface area (TPSA) is 58.6 Å². The summed E-state index contributed by atoms with van der Waals surface area (Å²) < 4.78 is 5.00. The molecule has 0 aliphatic rings. The number of amides is 1. The molecule has 0 heterocycles. The fourth-order valence-corrected chi connectivity index (χ4v) is 1.89. The molecule has 0 aliphatic heterocycles. The van der Waals surface area contributed by atoms with E-state index in [4.69, 9.17) is 27.9 Å². The molecule has 0 aromatic heterocycles.